The standard InChI is InChI=1S/C11H15NO3/c12-11(14)4-2-1-3-9-5-6-10(7-13)15-8-9/h5-8,10H,1-4H2,(H2,12,14). The molecule has 4 nitrogen and oxygen atoms in total. The van der Waals surface area contributed by atoms with Gasteiger partial charge in [-0.05, 0) is 30.9 Å². The molecule has 1 aliphatic rings. The molecule has 0 radical (unpaired) electrons. The van der Waals surface area contributed by atoms with Gasteiger partial charge in [0.15, 0.2) is 12.4 Å². The second-order valence-electron chi connectivity index (χ2n) is 3.46. The fourth-order valence-electron chi connectivity index (χ4n) is 1.32. The molecule has 0 fully saturated rings. The maximum absolute atomic E-state index is 10.5. The Labute approximate surface area is 88.8 Å². The minimum Gasteiger partial charge on any atom is -0.486 e. The van der Waals surface area contributed by atoms with E-state index < -0.39 is 6.10 Å². The second kappa shape index (κ2) is 6.01. The molecule has 0 saturated heterocycles. The van der Waals surface area contributed by atoms with E-state index in [1.807, 2.05) is 6.08 Å². The van der Waals surface area contributed by atoms with Crippen molar-refractivity contribution in [3.8, 4) is 0 Å². The zero-order valence-electron chi connectivity index (χ0n) is 8.52. The van der Waals surface area contributed by atoms with Gasteiger partial charge < -0.3 is 10.5 Å². The maximum atomic E-state index is 10.5. The summed E-state index contributed by atoms with van der Waals surface area (Å²) in [5.41, 5.74) is 6.06. The Kier molecular flexibility index (Phi) is 4.60. The molecular weight excluding hydrogens is 194 g/mol. The third-order valence-electron chi connectivity index (χ3n) is 2.15. The van der Waals surface area contributed by atoms with Gasteiger partial charge in [0.2, 0.25) is 5.91 Å². The summed E-state index contributed by atoms with van der Waals surface area (Å²) in [5.74, 6) is -0.263. The molecule has 1 amide bonds. The topological polar surface area (TPSA) is 69.4 Å². The number of amides is 1. The van der Waals surface area contributed by atoms with Gasteiger partial charge in [0, 0.05) is 6.42 Å². The fourth-order valence-corrected chi connectivity index (χ4v) is 1.32. The minimum atomic E-state index is -0.445. The first-order valence-electron chi connectivity index (χ1n) is 4.98. The van der Waals surface area contributed by atoms with Crippen molar-refractivity contribution >= 4 is 12.2 Å². The summed E-state index contributed by atoms with van der Waals surface area (Å²) in [6.07, 6.45) is 8.46. The summed E-state index contributed by atoms with van der Waals surface area (Å²) in [6, 6.07) is 0. The van der Waals surface area contributed by atoms with Crippen LogP contribution in [0.4, 0.5) is 0 Å². The average molecular weight is 209 g/mol. The van der Waals surface area contributed by atoms with E-state index in [-0.39, 0.29) is 5.91 Å². The van der Waals surface area contributed by atoms with Gasteiger partial charge in [0.05, 0.1) is 6.26 Å². The van der Waals surface area contributed by atoms with Gasteiger partial charge in [-0.1, -0.05) is 6.08 Å². The van der Waals surface area contributed by atoms with E-state index >= 15 is 0 Å². The second-order valence-corrected chi connectivity index (χ2v) is 3.46. The first kappa shape index (κ1) is 11.5. The third-order valence-corrected chi connectivity index (χ3v) is 2.15. The van der Waals surface area contributed by atoms with Crippen LogP contribution in [0, 0.1) is 0 Å². The molecule has 82 valence electrons. The van der Waals surface area contributed by atoms with Gasteiger partial charge in [-0.25, -0.2) is 0 Å². The van der Waals surface area contributed by atoms with Crippen LogP contribution in [0.15, 0.2) is 24.0 Å². The lowest BCUT2D eigenvalue weighted by Gasteiger charge is -2.12. The molecule has 1 rings (SSSR count). The van der Waals surface area contributed by atoms with Crippen molar-refractivity contribution in [2.75, 3.05) is 0 Å². The summed E-state index contributed by atoms with van der Waals surface area (Å²) in [4.78, 5) is 20.8. The lowest BCUT2D eigenvalue weighted by atomic mass is 10.1. The normalized spacial score (nSPS) is 19.2. The molecule has 1 heterocycles. The highest BCUT2D eigenvalue weighted by Gasteiger charge is 2.07. The van der Waals surface area contributed by atoms with Crippen LogP contribution in [0.2, 0.25) is 0 Å². The Hall–Kier alpha value is -1.58. The van der Waals surface area contributed by atoms with Crippen molar-refractivity contribution in [3.63, 3.8) is 0 Å². The Morgan fingerprint density at radius 3 is 2.87 bits per heavy atom. The molecule has 0 spiro atoms. The Balaban J connectivity index is 2.18. The Bertz CT molecular complexity index is 294. The van der Waals surface area contributed by atoms with E-state index in [9.17, 15) is 9.59 Å². The number of carbonyl (C=O) groups is 2. The number of allylic oxidation sites excluding steroid dienone is 2. The molecule has 2 N–H and O–H groups in total. The predicted octanol–water partition coefficient (Wildman–Crippen LogP) is 1.07. The number of ether oxygens (including phenoxy) is 1. The van der Waals surface area contributed by atoms with E-state index in [0.29, 0.717) is 6.42 Å². The van der Waals surface area contributed by atoms with Gasteiger partial charge in [-0.15, -0.1) is 0 Å². The molecule has 1 unspecified atom stereocenters. The van der Waals surface area contributed by atoms with Crippen molar-refractivity contribution in [2.45, 2.75) is 31.8 Å². The summed E-state index contributed by atoms with van der Waals surface area (Å²) >= 11 is 0. The molecule has 4 heteroatoms. The number of unbranched alkanes of at least 4 members (excludes halogenated alkanes) is 1. The largest absolute Gasteiger partial charge is 0.486 e. The Morgan fingerprint density at radius 1 is 1.53 bits per heavy atom. The van der Waals surface area contributed by atoms with Gasteiger partial charge >= 0.3 is 0 Å². The van der Waals surface area contributed by atoms with Crippen LogP contribution < -0.4 is 5.73 Å². The number of hydrogen-bond donors (Lipinski definition) is 1. The third kappa shape index (κ3) is 4.44. The van der Waals surface area contributed by atoms with Crippen molar-refractivity contribution in [3.05, 3.63) is 24.0 Å². The smallest absolute Gasteiger partial charge is 0.217 e. The number of aldehydes is 1. The SMILES string of the molecule is NC(=O)CCCCC1=COC(C=O)C=C1. The van der Waals surface area contributed by atoms with E-state index in [4.69, 9.17) is 10.5 Å². The zero-order valence-corrected chi connectivity index (χ0v) is 8.52. The molecule has 0 aromatic rings. The fraction of sp³-hybridized carbons (Fsp3) is 0.455. The Morgan fingerprint density at radius 2 is 2.33 bits per heavy atom. The van der Waals surface area contributed by atoms with Crippen LogP contribution in [-0.4, -0.2) is 18.3 Å². The van der Waals surface area contributed by atoms with Gasteiger partial charge in [0.25, 0.3) is 0 Å². The van der Waals surface area contributed by atoms with Crippen LogP contribution in [0.5, 0.6) is 0 Å². The molecule has 0 bridgehead atoms. The number of carbonyl (C=O) groups excluding carboxylic acids is 2. The van der Waals surface area contributed by atoms with E-state index in [2.05, 4.69) is 0 Å². The molecule has 0 saturated carbocycles. The molecule has 1 aliphatic heterocycles. The highest BCUT2D eigenvalue weighted by Crippen LogP contribution is 2.15. The maximum Gasteiger partial charge on any atom is 0.217 e. The van der Waals surface area contributed by atoms with Crippen LogP contribution in [0.1, 0.15) is 25.7 Å². The summed E-state index contributed by atoms with van der Waals surface area (Å²) in [6.45, 7) is 0. The van der Waals surface area contributed by atoms with Crippen LogP contribution in [0.25, 0.3) is 0 Å². The van der Waals surface area contributed by atoms with Crippen molar-refractivity contribution in [1.29, 1.82) is 0 Å². The van der Waals surface area contributed by atoms with Gasteiger partial charge in [-0.2, -0.15) is 0 Å². The van der Waals surface area contributed by atoms with Crippen molar-refractivity contribution < 1.29 is 14.3 Å². The summed E-state index contributed by atoms with van der Waals surface area (Å²) in [7, 11) is 0. The van der Waals surface area contributed by atoms with Crippen LogP contribution >= 0.6 is 0 Å². The zero-order chi connectivity index (χ0) is 11.1. The highest BCUT2D eigenvalue weighted by molar-refractivity contribution is 5.73. The van der Waals surface area contributed by atoms with Crippen LogP contribution in [0.3, 0.4) is 0 Å². The highest BCUT2D eigenvalue weighted by atomic mass is 16.5. The van der Waals surface area contributed by atoms with Crippen LogP contribution in [-0.2, 0) is 14.3 Å². The van der Waals surface area contributed by atoms with Gasteiger partial charge in [0.1, 0.15) is 0 Å². The van der Waals surface area contributed by atoms with Gasteiger partial charge in [-0.3, -0.25) is 9.59 Å². The lowest BCUT2D eigenvalue weighted by Crippen LogP contribution is -2.11. The molecule has 1 atom stereocenters. The summed E-state index contributed by atoms with van der Waals surface area (Å²) < 4.78 is 5.11. The molecule has 15 heavy (non-hydrogen) atoms. The lowest BCUT2D eigenvalue weighted by molar-refractivity contribution is -0.118. The molecule has 0 aromatic carbocycles. The first-order chi connectivity index (χ1) is 7.22. The van der Waals surface area contributed by atoms with E-state index in [1.54, 1.807) is 12.3 Å². The minimum absolute atomic E-state index is 0.263. The predicted molar refractivity (Wildman–Crippen MR) is 55.8 cm³/mol. The number of primary amides is 1. The number of hydrogen-bond acceptors (Lipinski definition) is 3. The summed E-state index contributed by atoms with van der Waals surface area (Å²) in [5, 5.41) is 0. The number of nitrogens with two attached hydrogens (primary N) is 1. The van der Waals surface area contributed by atoms with E-state index in [0.717, 1.165) is 31.1 Å². The molecule has 0 aromatic heterocycles. The molecule has 0 aliphatic carbocycles. The van der Waals surface area contributed by atoms with Crippen molar-refractivity contribution in [2.24, 2.45) is 5.73 Å². The van der Waals surface area contributed by atoms with Crippen molar-refractivity contribution in [1.82, 2.24) is 0 Å². The van der Waals surface area contributed by atoms with E-state index in [1.165, 1.54) is 0 Å². The molecular formula is C11H15NO3. The average Bonchev–Trinajstić information content (AvgIpc) is 2.25. The first-order valence-corrected chi connectivity index (χ1v) is 4.98. The monoisotopic (exact) mass is 209 g/mol. The number of rotatable bonds is 6. The quantitative estimate of drug-likeness (QED) is 0.525.